The standard InChI is InChI=1S/C16H29NO2/c1-13-9-15(2,3)12-16(10-13,11-14(18)19)17-7-5-4-6-8-17/h13H,4-12H2,1-3H3,(H,18,19). The summed E-state index contributed by atoms with van der Waals surface area (Å²) in [5, 5.41) is 9.39. The maximum absolute atomic E-state index is 11.4. The summed E-state index contributed by atoms with van der Waals surface area (Å²) in [7, 11) is 0. The van der Waals surface area contributed by atoms with Crippen molar-refractivity contribution in [2.24, 2.45) is 11.3 Å². The molecule has 1 aliphatic carbocycles. The molecule has 1 heterocycles. The second-order valence-electron chi connectivity index (χ2n) is 7.70. The molecule has 1 saturated heterocycles. The highest BCUT2D eigenvalue weighted by molar-refractivity contribution is 5.68. The predicted molar refractivity (Wildman–Crippen MR) is 77.2 cm³/mol. The van der Waals surface area contributed by atoms with Gasteiger partial charge in [0.15, 0.2) is 0 Å². The third-order valence-corrected chi connectivity index (χ3v) is 4.94. The third kappa shape index (κ3) is 3.50. The lowest BCUT2D eigenvalue weighted by Crippen LogP contribution is -2.57. The lowest BCUT2D eigenvalue weighted by molar-refractivity contribution is -0.143. The van der Waals surface area contributed by atoms with E-state index in [2.05, 4.69) is 25.7 Å². The van der Waals surface area contributed by atoms with Crippen LogP contribution >= 0.6 is 0 Å². The van der Waals surface area contributed by atoms with Crippen molar-refractivity contribution < 1.29 is 9.90 Å². The molecule has 0 aromatic carbocycles. The van der Waals surface area contributed by atoms with Crippen LogP contribution in [0.2, 0.25) is 0 Å². The molecule has 2 atom stereocenters. The third-order valence-electron chi connectivity index (χ3n) is 4.94. The molecule has 1 saturated carbocycles. The second kappa shape index (κ2) is 5.43. The summed E-state index contributed by atoms with van der Waals surface area (Å²) in [4.78, 5) is 13.9. The van der Waals surface area contributed by atoms with E-state index in [-0.39, 0.29) is 11.0 Å². The van der Waals surface area contributed by atoms with Crippen molar-refractivity contribution in [3.63, 3.8) is 0 Å². The van der Waals surface area contributed by atoms with Crippen LogP contribution in [0.15, 0.2) is 0 Å². The van der Waals surface area contributed by atoms with Gasteiger partial charge in [-0.05, 0) is 56.5 Å². The molecule has 2 fully saturated rings. The first-order valence-electron chi connectivity index (χ1n) is 7.80. The summed E-state index contributed by atoms with van der Waals surface area (Å²) in [5.41, 5.74) is 0.179. The Bertz CT molecular complexity index is 334. The van der Waals surface area contributed by atoms with E-state index in [0.29, 0.717) is 12.3 Å². The molecule has 0 aromatic rings. The second-order valence-corrected chi connectivity index (χ2v) is 7.70. The molecule has 0 spiro atoms. The number of rotatable bonds is 3. The van der Waals surface area contributed by atoms with Crippen LogP contribution in [0.4, 0.5) is 0 Å². The van der Waals surface area contributed by atoms with Crippen molar-refractivity contribution in [3.05, 3.63) is 0 Å². The monoisotopic (exact) mass is 267 g/mol. The largest absolute Gasteiger partial charge is 0.481 e. The van der Waals surface area contributed by atoms with E-state index in [0.717, 1.165) is 25.9 Å². The molecule has 0 bridgehead atoms. The van der Waals surface area contributed by atoms with E-state index in [1.54, 1.807) is 0 Å². The summed E-state index contributed by atoms with van der Waals surface area (Å²) < 4.78 is 0. The molecule has 0 radical (unpaired) electrons. The smallest absolute Gasteiger partial charge is 0.305 e. The van der Waals surface area contributed by atoms with Gasteiger partial charge in [-0.3, -0.25) is 9.69 Å². The molecule has 0 amide bonds. The van der Waals surface area contributed by atoms with Crippen molar-refractivity contribution in [1.82, 2.24) is 4.90 Å². The number of carbonyl (C=O) groups is 1. The lowest BCUT2D eigenvalue weighted by atomic mass is 9.62. The quantitative estimate of drug-likeness (QED) is 0.850. The Labute approximate surface area is 117 Å². The van der Waals surface area contributed by atoms with Crippen LogP contribution in [0.3, 0.4) is 0 Å². The number of hydrogen-bond donors (Lipinski definition) is 1. The van der Waals surface area contributed by atoms with Gasteiger partial charge in [-0.1, -0.05) is 27.2 Å². The van der Waals surface area contributed by atoms with Gasteiger partial charge < -0.3 is 5.11 Å². The molecule has 2 rings (SSSR count). The summed E-state index contributed by atoms with van der Waals surface area (Å²) in [6.07, 6.45) is 7.41. The average molecular weight is 267 g/mol. The molecular weight excluding hydrogens is 238 g/mol. The minimum Gasteiger partial charge on any atom is -0.481 e. The minimum absolute atomic E-state index is 0.0899. The van der Waals surface area contributed by atoms with Crippen LogP contribution in [0.5, 0.6) is 0 Å². The molecule has 3 heteroatoms. The summed E-state index contributed by atoms with van der Waals surface area (Å²) in [6, 6.07) is 0. The Kier molecular flexibility index (Phi) is 4.24. The van der Waals surface area contributed by atoms with Crippen LogP contribution < -0.4 is 0 Å². The highest BCUT2D eigenvalue weighted by atomic mass is 16.4. The normalized spacial score (nSPS) is 36.1. The molecule has 0 aromatic heterocycles. The Morgan fingerprint density at radius 1 is 1.21 bits per heavy atom. The first-order chi connectivity index (χ1) is 8.83. The van der Waals surface area contributed by atoms with Gasteiger partial charge in [-0.25, -0.2) is 0 Å². The molecule has 2 unspecified atom stereocenters. The minimum atomic E-state index is -0.629. The van der Waals surface area contributed by atoms with E-state index >= 15 is 0 Å². The maximum Gasteiger partial charge on any atom is 0.305 e. The number of carboxylic acid groups (broad SMARTS) is 1. The van der Waals surface area contributed by atoms with Crippen LogP contribution in [0, 0.1) is 11.3 Å². The van der Waals surface area contributed by atoms with E-state index in [9.17, 15) is 9.90 Å². The van der Waals surface area contributed by atoms with Gasteiger partial charge in [0.05, 0.1) is 6.42 Å². The average Bonchev–Trinajstić information content (AvgIpc) is 2.26. The Hall–Kier alpha value is -0.570. The van der Waals surface area contributed by atoms with E-state index in [1.165, 1.54) is 25.7 Å². The maximum atomic E-state index is 11.4. The molecule has 1 aliphatic heterocycles. The van der Waals surface area contributed by atoms with Gasteiger partial charge in [-0.15, -0.1) is 0 Å². The number of likely N-dealkylation sites (tertiary alicyclic amines) is 1. The Morgan fingerprint density at radius 2 is 1.84 bits per heavy atom. The van der Waals surface area contributed by atoms with Crippen molar-refractivity contribution in [1.29, 1.82) is 0 Å². The van der Waals surface area contributed by atoms with Crippen LogP contribution in [0.25, 0.3) is 0 Å². The van der Waals surface area contributed by atoms with Crippen molar-refractivity contribution in [3.8, 4) is 0 Å². The molecule has 110 valence electrons. The van der Waals surface area contributed by atoms with E-state index in [1.807, 2.05) is 0 Å². The lowest BCUT2D eigenvalue weighted by Gasteiger charge is -2.54. The fourth-order valence-electron chi connectivity index (χ4n) is 4.84. The van der Waals surface area contributed by atoms with Crippen LogP contribution in [-0.4, -0.2) is 34.6 Å². The van der Waals surface area contributed by atoms with Crippen molar-refractivity contribution >= 4 is 5.97 Å². The highest BCUT2D eigenvalue weighted by Crippen LogP contribution is 2.48. The molecule has 3 nitrogen and oxygen atoms in total. The topological polar surface area (TPSA) is 40.5 Å². The zero-order chi connectivity index (χ0) is 14.1. The predicted octanol–water partition coefficient (Wildman–Crippen LogP) is 3.53. The first-order valence-corrected chi connectivity index (χ1v) is 7.80. The number of piperidine rings is 1. The van der Waals surface area contributed by atoms with Gasteiger partial charge in [0.1, 0.15) is 0 Å². The zero-order valence-corrected chi connectivity index (χ0v) is 12.7. The van der Waals surface area contributed by atoms with E-state index < -0.39 is 5.97 Å². The van der Waals surface area contributed by atoms with Gasteiger partial charge >= 0.3 is 5.97 Å². The Balaban J connectivity index is 2.24. The fourth-order valence-corrected chi connectivity index (χ4v) is 4.84. The number of carboxylic acids is 1. The van der Waals surface area contributed by atoms with Gasteiger partial charge in [0.25, 0.3) is 0 Å². The molecular formula is C16H29NO2. The number of aliphatic carboxylic acids is 1. The van der Waals surface area contributed by atoms with E-state index in [4.69, 9.17) is 0 Å². The number of nitrogens with zero attached hydrogens (tertiary/aromatic N) is 1. The summed E-state index contributed by atoms with van der Waals surface area (Å²) in [5.74, 6) is 0.000463. The fraction of sp³-hybridized carbons (Fsp3) is 0.938. The van der Waals surface area contributed by atoms with Crippen molar-refractivity contribution in [2.45, 2.75) is 71.3 Å². The van der Waals surface area contributed by atoms with Gasteiger partial charge in [0.2, 0.25) is 0 Å². The van der Waals surface area contributed by atoms with Crippen LogP contribution in [0.1, 0.15) is 65.7 Å². The van der Waals surface area contributed by atoms with Gasteiger partial charge in [0, 0.05) is 5.54 Å². The zero-order valence-electron chi connectivity index (χ0n) is 12.7. The molecule has 19 heavy (non-hydrogen) atoms. The number of hydrogen-bond acceptors (Lipinski definition) is 2. The summed E-state index contributed by atoms with van der Waals surface area (Å²) in [6.45, 7) is 9.10. The van der Waals surface area contributed by atoms with Crippen molar-refractivity contribution in [2.75, 3.05) is 13.1 Å². The highest BCUT2D eigenvalue weighted by Gasteiger charge is 2.47. The summed E-state index contributed by atoms with van der Waals surface area (Å²) >= 11 is 0. The first kappa shape index (κ1) is 14.8. The Morgan fingerprint density at radius 3 is 2.37 bits per heavy atom. The van der Waals surface area contributed by atoms with Gasteiger partial charge in [-0.2, -0.15) is 0 Å². The molecule has 2 aliphatic rings. The molecule has 1 N–H and O–H groups in total. The SMILES string of the molecule is CC1CC(C)(C)CC(CC(=O)O)(N2CCCCC2)C1. The van der Waals surface area contributed by atoms with Crippen LogP contribution in [-0.2, 0) is 4.79 Å².